The van der Waals surface area contributed by atoms with Crippen molar-refractivity contribution in [1.82, 2.24) is 19.8 Å². The Labute approximate surface area is 323 Å². The van der Waals surface area contributed by atoms with Gasteiger partial charge in [-0.05, 0) is 92.6 Å². The molecule has 0 bridgehead atoms. The molecule has 0 spiro atoms. The van der Waals surface area contributed by atoms with E-state index >= 15 is 4.39 Å². The second-order valence-corrected chi connectivity index (χ2v) is 15.4. The summed E-state index contributed by atoms with van der Waals surface area (Å²) < 4.78 is 29.2. The van der Waals surface area contributed by atoms with Gasteiger partial charge in [-0.15, -0.1) is 0 Å². The Morgan fingerprint density at radius 3 is 2.55 bits per heavy atom. The van der Waals surface area contributed by atoms with Crippen LogP contribution in [0.5, 0.6) is 0 Å². The predicted molar refractivity (Wildman–Crippen MR) is 208 cm³/mol. The first-order valence-corrected chi connectivity index (χ1v) is 19.7. The molecule has 2 aliphatic heterocycles. The van der Waals surface area contributed by atoms with Crippen molar-refractivity contribution in [1.29, 1.82) is 5.26 Å². The van der Waals surface area contributed by atoms with Crippen LogP contribution >= 0.6 is 0 Å². The quantitative estimate of drug-likeness (QED) is 0.144. The molecule has 3 unspecified atom stereocenters. The van der Waals surface area contributed by atoms with Gasteiger partial charge in [0.1, 0.15) is 24.4 Å². The molecular formula is C44H51FN6O4. The molecular weight excluding hydrogens is 696 g/mol. The molecule has 11 heteroatoms. The molecule has 3 aromatic carbocycles. The van der Waals surface area contributed by atoms with E-state index in [1.54, 1.807) is 25.2 Å². The summed E-state index contributed by atoms with van der Waals surface area (Å²) in [6.07, 6.45) is 8.44. The molecule has 1 aromatic heterocycles. The maximum atomic E-state index is 15.2. The van der Waals surface area contributed by atoms with E-state index in [2.05, 4.69) is 43.7 Å². The van der Waals surface area contributed by atoms with Crippen molar-refractivity contribution in [3.05, 3.63) is 119 Å². The molecule has 3 aliphatic rings. The Morgan fingerprint density at radius 2 is 1.82 bits per heavy atom. The maximum absolute atomic E-state index is 15.2. The van der Waals surface area contributed by atoms with E-state index in [1.807, 2.05) is 54.9 Å². The van der Waals surface area contributed by atoms with Gasteiger partial charge in [0.25, 0.3) is 0 Å². The number of hydrogen-bond donors (Lipinski definition) is 1. The molecule has 3 atom stereocenters. The third kappa shape index (κ3) is 8.25. The molecule has 0 radical (unpaired) electrons. The van der Waals surface area contributed by atoms with Crippen LogP contribution in [-0.4, -0.2) is 72.4 Å². The number of carbonyl (C=O) groups excluding carboxylic acids is 2. The number of imidazole rings is 1. The van der Waals surface area contributed by atoms with E-state index in [4.69, 9.17) is 9.47 Å². The fourth-order valence-corrected chi connectivity index (χ4v) is 9.52. The number of nitrogens with one attached hydrogen (secondary N) is 1. The number of carbonyl (C=O) groups is 2. The lowest BCUT2D eigenvalue weighted by Crippen LogP contribution is -2.55. The molecule has 1 saturated carbocycles. The largest absolute Gasteiger partial charge is 0.457 e. The van der Waals surface area contributed by atoms with Crippen LogP contribution in [0.3, 0.4) is 0 Å². The number of amides is 1. The predicted octanol–water partition coefficient (Wildman–Crippen LogP) is 7.12. The molecule has 2 saturated heterocycles. The van der Waals surface area contributed by atoms with Crippen molar-refractivity contribution in [2.24, 2.45) is 17.8 Å². The maximum Gasteiger partial charge on any atom is 0.407 e. The number of nitriles is 1. The van der Waals surface area contributed by atoms with Crippen LogP contribution in [0.15, 0.2) is 85.2 Å². The highest BCUT2D eigenvalue weighted by Crippen LogP contribution is 2.52. The number of aromatic nitrogens is 2. The number of likely N-dealkylation sites (tertiary alicyclic amines) is 1. The molecule has 3 fully saturated rings. The average Bonchev–Trinajstić information content (AvgIpc) is 3.87. The van der Waals surface area contributed by atoms with Crippen LogP contribution in [0, 0.1) is 34.9 Å². The van der Waals surface area contributed by atoms with Crippen LogP contribution in [0.4, 0.5) is 14.9 Å². The zero-order valence-corrected chi connectivity index (χ0v) is 31.8. The van der Waals surface area contributed by atoms with Crippen LogP contribution < -0.4 is 10.2 Å². The zero-order chi connectivity index (χ0) is 38.4. The normalized spacial score (nSPS) is 20.3. The van der Waals surface area contributed by atoms with Crippen LogP contribution in [0.2, 0.25) is 0 Å². The minimum Gasteiger partial charge on any atom is -0.457 e. The molecule has 288 valence electrons. The number of ether oxygens (including phenoxy) is 2. The second kappa shape index (κ2) is 17.1. The number of rotatable bonds is 13. The lowest BCUT2D eigenvalue weighted by atomic mass is 9.58. The van der Waals surface area contributed by atoms with Gasteiger partial charge in [0, 0.05) is 69.3 Å². The molecule has 3 heterocycles. The summed E-state index contributed by atoms with van der Waals surface area (Å²) in [6, 6.07) is 24.1. The highest BCUT2D eigenvalue weighted by atomic mass is 19.1. The molecule has 1 aliphatic carbocycles. The van der Waals surface area contributed by atoms with Gasteiger partial charge in [-0.2, -0.15) is 5.26 Å². The molecule has 1 N–H and O–H groups in total. The number of anilines is 1. The van der Waals surface area contributed by atoms with E-state index in [1.165, 1.54) is 6.07 Å². The number of alkyl carbamates (subject to hydrolysis) is 1. The fraction of sp³-hybridized carbons (Fsp3) is 0.455. The SMILES string of the molecule is CCc1nccn1CC(c1cccc(F)c1)(C1CCN(CC2CN(c3ccc(C#N)cc3C(=O)OCc3ccccc3)C2)CC1)C1CCCC1OC(=O)NC. The Morgan fingerprint density at radius 1 is 1.02 bits per heavy atom. The molecule has 55 heavy (non-hydrogen) atoms. The number of esters is 1. The summed E-state index contributed by atoms with van der Waals surface area (Å²) in [5.41, 5.74) is 3.02. The van der Waals surface area contributed by atoms with Gasteiger partial charge in [0.15, 0.2) is 0 Å². The second-order valence-electron chi connectivity index (χ2n) is 15.4. The molecule has 10 nitrogen and oxygen atoms in total. The van der Waals surface area contributed by atoms with Crippen LogP contribution in [0.1, 0.15) is 71.9 Å². The van der Waals surface area contributed by atoms with Gasteiger partial charge in [-0.3, -0.25) is 0 Å². The van der Waals surface area contributed by atoms with Gasteiger partial charge in [0.2, 0.25) is 0 Å². The first kappa shape index (κ1) is 38.1. The Bertz CT molecular complexity index is 1980. The Kier molecular flexibility index (Phi) is 11.8. The molecule has 1 amide bonds. The third-order valence-corrected chi connectivity index (χ3v) is 12.2. The summed E-state index contributed by atoms with van der Waals surface area (Å²) in [6.45, 7) is 7.27. The first-order chi connectivity index (χ1) is 26.8. The highest BCUT2D eigenvalue weighted by Gasteiger charge is 2.53. The van der Waals surface area contributed by atoms with Gasteiger partial charge >= 0.3 is 12.1 Å². The molecule has 7 rings (SSSR count). The van der Waals surface area contributed by atoms with Crippen molar-refractivity contribution in [3.63, 3.8) is 0 Å². The third-order valence-electron chi connectivity index (χ3n) is 12.2. The summed E-state index contributed by atoms with van der Waals surface area (Å²) in [5.74, 6) is 0.951. The fourth-order valence-electron chi connectivity index (χ4n) is 9.52. The van der Waals surface area contributed by atoms with E-state index in [-0.39, 0.29) is 30.4 Å². The van der Waals surface area contributed by atoms with Crippen LogP contribution in [-0.2, 0) is 34.5 Å². The summed E-state index contributed by atoms with van der Waals surface area (Å²) in [4.78, 5) is 35.3. The van der Waals surface area contributed by atoms with E-state index in [0.717, 1.165) is 93.9 Å². The lowest BCUT2D eigenvalue weighted by molar-refractivity contribution is 0.00159. The van der Waals surface area contributed by atoms with E-state index < -0.39 is 17.5 Å². The molecule has 4 aromatic rings. The number of hydrogen-bond acceptors (Lipinski definition) is 8. The number of piperidine rings is 1. The zero-order valence-electron chi connectivity index (χ0n) is 31.8. The standard InChI is InChI=1S/C44H51FN6O4/c1-3-41-48-19-22-50(41)30-44(35-11-7-12-36(45)24-35,38-13-8-14-40(38)55-43(53)47-2)34-17-20-49(21-18-34)26-33-27-51(28-33)39-16-15-32(25-46)23-37(39)42(52)54-29-31-9-5-4-6-10-31/h4-7,9-12,15-16,19,22-24,33-34,38,40H,3,8,13-14,17-18,20-21,26-30H2,1-2H3,(H,47,53). The average molecular weight is 747 g/mol. The Balaban J connectivity index is 1.06. The van der Waals surface area contributed by atoms with Crippen molar-refractivity contribution < 1.29 is 23.5 Å². The smallest absolute Gasteiger partial charge is 0.407 e. The topological polar surface area (TPSA) is 113 Å². The minimum absolute atomic E-state index is 0.0106. The van der Waals surface area contributed by atoms with E-state index in [9.17, 15) is 14.9 Å². The Hall–Kier alpha value is -5.21. The number of nitrogens with zero attached hydrogens (tertiary/aromatic N) is 5. The summed E-state index contributed by atoms with van der Waals surface area (Å²) >= 11 is 0. The van der Waals surface area contributed by atoms with Gasteiger partial charge < -0.3 is 29.2 Å². The summed E-state index contributed by atoms with van der Waals surface area (Å²) in [5, 5.41) is 12.2. The minimum atomic E-state index is -0.484. The van der Waals surface area contributed by atoms with E-state index in [0.29, 0.717) is 23.6 Å². The first-order valence-electron chi connectivity index (χ1n) is 19.7. The van der Waals surface area contributed by atoms with Crippen molar-refractivity contribution in [2.45, 2.75) is 70.1 Å². The van der Waals surface area contributed by atoms with Gasteiger partial charge in [0.05, 0.1) is 22.9 Å². The van der Waals surface area contributed by atoms with Gasteiger partial charge in [-0.1, -0.05) is 49.4 Å². The highest BCUT2D eigenvalue weighted by molar-refractivity contribution is 5.96. The van der Waals surface area contributed by atoms with Crippen molar-refractivity contribution in [2.75, 3.05) is 44.7 Å². The monoisotopic (exact) mass is 746 g/mol. The van der Waals surface area contributed by atoms with Crippen molar-refractivity contribution in [3.8, 4) is 6.07 Å². The lowest BCUT2D eigenvalue weighted by Gasteiger charge is -2.51. The van der Waals surface area contributed by atoms with Crippen LogP contribution in [0.25, 0.3) is 0 Å². The number of aryl methyl sites for hydroxylation is 1. The number of halogens is 1. The summed E-state index contributed by atoms with van der Waals surface area (Å²) in [7, 11) is 1.59. The van der Waals surface area contributed by atoms with Crippen molar-refractivity contribution >= 4 is 17.7 Å². The van der Waals surface area contributed by atoms with Gasteiger partial charge in [-0.25, -0.2) is 19.0 Å². The number of benzene rings is 3.